The molecule has 110 valence electrons. The predicted molar refractivity (Wildman–Crippen MR) is 61.5 cm³/mol. The fraction of sp³-hybridized carbons (Fsp3) is 0.667. The quantitative estimate of drug-likeness (QED) is 0.595. The zero-order valence-corrected chi connectivity index (χ0v) is 11.5. The molecule has 1 heterocycles. The molecule has 0 unspecified atom stereocenters. The Morgan fingerprint density at radius 3 is 2.58 bits per heavy atom. The number of alkyl halides is 3. The van der Waals surface area contributed by atoms with Crippen LogP contribution < -0.4 is 0 Å². The Morgan fingerprint density at radius 1 is 1.47 bits per heavy atom. The van der Waals surface area contributed by atoms with Gasteiger partial charge in [-0.2, -0.15) is 13.2 Å². The van der Waals surface area contributed by atoms with E-state index in [1.54, 1.807) is 6.92 Å². The predicted octanol–water partition coefficient (Wildman–Crippen LogP) is 2.09. The van der Waals surface area contributed by atoms with Gasteiger partial charge in [0.05, 0.1) is 0 Å². The molecule has 10 heteroatoms. The molecule has 0 aliphatic heterocycles. The monoisotopic (exact) mass is 320 g/mol. The van der Waals surface area contributed by atoms with Gasteiger partial charge in [-0.25, -0.2) is 13.4 Å². The highest BCUT2D eigenvalue weighted by Crippen LogP contribution is 2.16. The summed E-state index contributed by atoms with van der Waals surface area (Å²) >= 11 is 0. The van der Waals surface area contributed by atoms with E-state index in [4.69, 9.17) is 10.7 Å². The molecule has 1 rings (SSSR count). The fourth-order valence-electron chi connectivity index (χ4n) is 1.35. The van der Waals surface area contributed by atoms with Gasteiger partial charge in [-0.05, 0) is 13.3 Å². The van der Waals surface area contributed by atoms with E-state index in [-0.39, 0.29) is 11.6 Å². The number of aryl methyl sites for hydroxylation is 2. The van der Waals surface area contributed by atoms with Crippen molar-refractivity contribution in [1.29, 1.82) is 0 Å². The van der Waals surface area contributed by atoms with Crippen molar-refractivity contribution in [3.63, 3.8) is 0 Å². The van der Waals surface area contributed by atoms with Crippen molar-refractivity contribution in [1.82, 2.24) is 9.55 Å². The summed E-state index contributed by atoms with van der Waals surface area (Å²) in [6.07, 6.45) is -2.80. The molecule has 0 saturated carbocycles. The largest absolute Gasteiger partial charge is 0.411 e. The first-order chi connectivity index (χ1) is 8.59. The summed E-state index contributed by atoms with van der Waals surface area (Å²) in [6.45, 7) is 0.489. The molecular formula is C9H12ClF3N2O3S. The summed E-state index contributed by atoms with van der Waals surface area (Å²) < 4.78 is 63.3. The topological polar surface area (TPSA) is 61.2 Å². The van der Waals surface area contributed by atoms with Crippen LogP contribution in [-0.2, 0) is 20.3 Å². The van der Waals surface area contributed by atoms with Crippen molar-refractivity contribution >= 4 is 19.7 Å². The molecule has 0 aliphatic carbocycles. The average molecular weight is 321 g/mol. The Labute approximate surface area is 112 Å². The summed E-state index contributed by atoms with van der Waals surface area (Å²) in [7, 11) is 1.23. The van der Waals surface area contributed by atoms with Crippen LogP contribution in [0.15, 0.2) is 11.2 Å². The second-order valence-corrected chi connectivity index (χ2v) is 6.29. The minimum atomic E-state index is -4.34. The second-order valence-electron chi connectivity index (χ2n) is 3.78. The molecule has 0 saturated heterocycles. The van der Waals surface area contributed by atoms with Gasteiger partial charge in [0.15, 0.2) is 5.03 Å². The first-order valence-electron chi connectivity index (χ1n) is 5.22. The van der Waals surface area contributed by atoms with Gasteiger partial charge in [0.25, 0.3) is 9.05 Å². The molecular weight excluding hydrogens is 309 g/mol. The van der Waals surface area contributed by atoms with Crippen LogP contribution in [0.25, 0.3) is 0 Å². The van der Waals surface area contributed by atoms with Gasteiger partial charge in [0, 0.05) is 30.0 Å². The SMILES string of the molecule is Cc1nc(S(=O)(=O)Cl)cn1CCCOCC(F)(F)F. The number of hydrogen-bond acceptors (Lipinski definition) is 4. The lowest BCUT2D eigenvalue weighted by atomic mass is 10.4. The van der Waals surface area contributed by atoms with Crippen LogP contribution in [0.4, 0.5) is 13.2 Å². The highest BCUT2D eigenvalue weighted by Gasteiger charge is 2.27. The lowest BCUT2D eigenvalue weighted by Gasteiger charge is -2.08. The Morgan fingerprint density at radius 2 is 2.11 bits per heavy atom. The molecule has 0 radical (unpaired) electrons. The van der Waals surface area contributed by atoms with Crippen molar-refractivity contribution < 1.29 is 26.3 Å². The average Bonchev–Trinajstić information content (AvgIpc) is 2.57. The van der Waals surface area contributed by atoms with Gasteiger partial charge in [0.2, 0.25) is 0 Å². The van der Waals surface area contributed by atoms with Crippen LogP contribution in [0.5, 0.6) is 0 Å². The maximum atomic E-state index is 11.8. The van der Waals surface area contributed by atoms with Crippen LogP contribution in [-0.4, -0.2) is 37.4 Å². The summed E-state index contributed by atoms with van der Waals surface area (Å²) in [6, 6.07) is 0. The van der Waals surface area contributed by atoms with Crippen molar-refractivity contribution in [2.45, 2.75) is 31.1 Å². The Balaban J connectivity index is 2.44. The molecule has 1 aromatic rings. The Kier molecular flexibility index (Phi) is 5.22. The maximum absolute atomic E-state index is 11.8. The van der Waals surface area contributed by atoms with Crippen LogP contribution in [0, 0.1) is 6.92 Å². The van der Waals surface area contributed by atoms with Gasteiger partial charge in [-0.15, -0.1) is 0 Å². The summed E-state index contributed by atoms with van der Waals surface area (Å²) in [5, 5.41) is -0.275. The minimum absolute atomic E-state index is 0.0832. The molecule has 5 nitrogen and oxygen atoms in total. The highest BCUT2D eigenvalue weighted by molar-refractivity contribution is 8.13. The molecule has 0 amide bonds. The summed E-state index contributed by atoms with van der Waals surface area (Å²) in [5.74, 6) is 0.412. The number of aromatic nitrogens is 2. The molecule has 0 atom stereocenters. The van der Waals surface area contributed by atoms with Gasteiger partial charge in [0.1, 0.15) is 12.4 Å². The summed E-state index contributed by atoms with van der Waals surface area (Å²) in [4.78, 5) is 3.74. The third-order valence-corrected chi connectivity index (χ3v) is 3.33. The first-order valence-corrected chi connectivity index (χ1v) is 7.53. The molecule has 19 heavy (non-hydrogen) atoms. The van der Waals surface area contributed by atoms with Crippen LogP contribution in [0.1, 0.15) is 12.2 Å². The van der Waals surface area contributed by atoms with Crippen molar-refractivity contribution in [2.75, 3.05) is 13.2 Å². The highest BCUT2D eigenvalue weighted by atomic mass is 35.7. The third-order valence-electron chi connectivity index (χ3n) is 2.16. The lowest BCUT2D eigenvalue weighted by Crippen LogP contribution is -2.17. The number of ether oxygens (including phenoxy) is 1. The van der Waals surface area contributed by atoms with Crippen LogP contribution >= 0.6 is 10.7 Å². The van der Waals surface area contributed by atoms with Crippen LogP contribution in [0.2, 0.25) is 0 Å². The number of rotatable bonds is 6. The molecule has 0 fully saturated rings. The van der Waals surface area contributed by atoms with Crippen LogP contribution in [0.3, 0.4) is 0 Å². The fourth-order valence-corrected chi connectivity index (χ4v) is 2.07. The first kappa shape index (κ1) is 16.3. The molecule has 1 aromatic heterocycles. The Bertz CT molecular complexity index is 527. The van der Waals surface area contributed by atoms with Crippen molar-refractivity contribution in [2.24, 2.45) is 0 Å². The Hall–Kier alpha value is -0.800. The van der Waals surface area contributed by atoms with Gasteiger partial charge in [-0.3, -0.25) is 0 Å². The number of imidazole rings is 1. The smallest absolute Gasteiger partial charge is 0.372 e. The molecule has 0 aromatic carbocycles. The molecule has 0 spiro atoms. The van der Waals surface area contributed by atoms with Crippen molar-refractivity contribution in [3.05, 3.63) is 12.0 Å². The maximum Gasteiger partial charge on any atom is 0.411 e. The zero-order chi connectivity index (χ0) is 14.7. The standard InChI is InChI=1S/C9H12ClF3N2O3S/c1-7-14-8(19(10,16)17)5-15(7)3-2-4-18-6-9(11,12)13/h5H,2-4,6H2,1H3. The normalized spacial score (nSPS) is 12.9. The van der Waals surface area contributed by atoms with E-state index in [1.165, 1.54) is 10.8 Å². The van der Waals surface area contributed by atoms with E-state index in [1.807, 2.05) is 0 Å². The van der Waals surface area contributed by atoms with E-state index < -0.39 is 21.8 Å². The lowest BCUT2D eigenvalue weighted by molar-refractivity contribution is -0.174. The number of nitrogens with zero attached hydrogens (tertiary/aromatic N) is 2. The summed E-state index contributed by atoms with van der Waals surface area (Å²) in [5.41, 5.74) is 0. The zero-order valence-electron chi connectivity index (χ0n) is 9.95. The van der Waals surface area contributed by atoms with E-state index in [9.17, 15) is 21.6 Å². The van der Waals surface area contributed by atoms with E-state index in [0.29, 0.717) is 18.8 Å². The number of hydrogen-bond donors (Lipinski definition) is 0. The van der Waals surface area contributed by atoms with Crippen molar-refractivity contribution in [3.8, 4) is 0 Å². The molecule has 0 aliphatic rings. The second kappa shape index (κ2) is 6.10. The van der Waals surface area contributed by atoms with E-state index in [2.05, 4.69) is 9.72 Å². The molecule has 0 bridgehead atoms. The number of halogens is 4. The van der Waals surface area contributed by atoms with E-state index in [0.717, 1.165) is 0 Å². The minimum Gasteiger partial charge on any atom is -0.372 e. The van der Waals surface area contributed by atoms with Gasteiger partial charge in [-0.1, -0.05) is 0 Å². The third kappa shape index (κ3) is 5.79. The van der Waals surface area contributed by atoms with Gasteiger partial charge < -0.3 is 9.30 Å². The van der Waals surface area contributed by atoms with Gasteiger partial charge >= 0.3 is 6.18 Å². The van der Waals surface area contributed by atoms with E-state index >= 15 is 0 Å². The molecule has 0 N–H and O–H groups in total.